The lowest BCUT2D eigenvalue weighted by molar-refractivity contribution is 0.224. The standard InChI is InChI=1S/C21H25ClFN3O/c22-17-7-10-20(23)19(15-17)16-5-8-18(9-6-16)25-21(27)24-11-4-14-26-12-2-1-3-13-26/h5-10,15H,1-4,11-14H2,(H2,24,25,27). The van der Waals surface area contributed by atoms with Gasteiger partial charge in [-0.25, -0.2) is 9.18 Å². The second-order valence-corrected chi connectivity index (χ2v) is 7.27. The average Bonchev–Trinajstić information content (AvgIpc) is 2.69. The van der Waals surface area contributed by atoms with E-state index < -0.39 is 0 Å². The topological polar surface area (TPSA) is 44.4 Å². The fourth-order valence-electron chi connectivity index (χ4n) is 3.31. The predicted octanol–water partition coefficient (Wildman–Crippen LogP) is 5.14. The number of nitrogens with one attached hydrogen (secondary N) is 2. The van der Waals surface area contributed by atoms with Crippen molar-refractivity contribution in [1.82, 2.24) is 10.2 Å². The summed E-state index contributed by atoms with van der Waals surface area (Å²) in [5.74, 6) is -0.327. The summed E-state index contributed by atoms with van der Waals surface area (Å²) in [5.41, 5.74) is 1.81. The summed E-state index contributed by atoms with van der Waals surface area (Å²) in [4.78, 5) is 14.5. The van der Waals surface area contributed by atoms with E-state index in [1.165, 1.54) is 44.5 Å². The number of halogens is 2. The molecule has 2 amide bonds. The summed E-state index contributed by atoms with van der Waals surface area (Å²) in [5, 5.41) is 6.16. The molecule has 1 fully saturated rings. The van der Waals surface area contributed by atoms with Gasteiger partial charge in [-0.15, -0.1) is 0 Å². The van der Waals surface area contributed by atoms with Crippen LogP contribution in [0.4, 0.5) is 14.9 Å². The zero-order valence-corrected chi connectivity index (χ0v) is 16.1. The molecule has 0 aromatic heterocycles. The Hall–Kier alpha value is -2.11. The maximum Gasteiger partial charge on any atom is 0.319 e. The first kappa shape index (κ1) is 19.6. The van der Waals surface area contributed by atoms with Crippen molar-refractivity contribution in [1.29, 1.82) is 0 Å². The van der Waals surface area contributed by atoms with Crippen LogP contribution in [0.1, 0.15) is 25.7 Å². The number of carbonyl (C=O) groups excluding carboxylic acids is 1. The molecule has 0 unspecified atom stereocenters. The van der Waals surface area contributed by atoms with Gasteiger partial charge in [0.15, 0.2) is 0 Å². The highest BCUT2D eigenvalue weighted by atomic mass is 35.5. The third-order valence-corrected chi connectivity index (χ3v) is 5.00. The van der Waals surface area contributed by atoms with Gasteiger partial charge in [0.25, 0.3) is 0 Å². The number of urea groups is 1. The summed E-state index contributed by atoms with van der Waals surface area (Å²) < 4.78 is 13.9. The van der Waals surface area contributed by atoms with Gasteiger partial charge in [-0.1, -0.05) is 30.2 Å². The monoisotopic (exact) mass is 389 g/mol. The van der Waals surface area contributed by atoms with E-state index in [2.05, 4.69) is 15.5 Å². The Morgan fingerprint density at radius 1 is 1.07 bits per heavy atom. The Morgan fingerprint density at radius 2 is 1.81 bits per heavy atom. The fraction of sp³-hybridized carbons (Fsp3) is 0.381. The van der Waals surface area contributed by atoms with E-state index in [1.807, 2.05) is 0 Å². The Kier molecular flexibility index (Phi) is 7.07. The Labute approximate surface area is 164 Å². The van der Waals surface area contributed by atoms with Gasteiger partial charge in [0.1, 0.15) is 5.82 Å². The number of amides is 2. The minimum Gasteiger partial charge on any atom is -0.338 e. The van der Waals surface area contributed by atoms with Gasteiger partial charge < -0.3 is 15.5 Å². The summed E-state index contributed by atoms with van der Waals surface area (Å²) in [6.07, 6.45) is 4.84. The van der Waals surface area contributed by atoms with Crippen molar-refractivity contribution >= 4 is 23.3 Å². The van der Waals surface area contributed by atoms with Crippen molar-refractivity contribution < 1.29 is 9.18 Å². The molecule has 0 bridgehead atoms. The van der Waals surface area contributed by atoms with Gasteiger partial charge in [-0.05, 0) is 74.8 Å². The van der Waals surface area contributed by atoms with Crippen LogP contribution in [0.5, 0.6) is 0 Å². The number of nitrogens with zero attached hydrogens (tertiary/aromatic N) is 1. The highest BCUT2D eigenvalue weighted by molar-refractivity contribution is 6.30. The lowest BCUT2D eigenvalue weighted by Crippen LogP contribution is -2.34. The lowest BCUT2D eigenvalue weighted by Gasteiger charge is -2.26. The molecule has 1 aliphatic heterocycles. The fourth-order valence-corrected chi connectivity index (χ4v) is 3.49. The van der Waals surface area contributed by atoms with Crippen molar-refractivity contribution in [3.8, 4) is 11.1 Å². The Bertz CT molecular complexity index is 761. The maximum absolute atomic E-state index is 13.9. The molecule has 0 atom stereocenters. The quantitative estimate of drug-likeness (QED) is 0.671. The highest BCUT2D eigenvalue weighted by Gasteiger charge is 2.10. The van der Waals surface area contributed by atoms with Crippen molar-refractivity contribution in [2.75, 3.05) is 31.5 Å². The van der Waals surface area contributed by atoms with Crippen molar-refractivity contribution in [3.63, 3.8) is 0 Å². The summed E-state index contributed by atoms with van der Waals surface area (Å²) in [7, 11) is 0. The van der Waals surface area contributed by atoms with Gasteiger partial charge in [-0.2, -0.15) is 0 Å². The summed E-state index contributed by atoms with van der Waals surface area (Å²) in [6, 6.07) is 11.3. The number of benzene rings is 2. The largest absolute Gasteiger partial charge is 0.338 e. The van der Waals surface area contributed by atoms with Crippen LogP contribution in [0.2, 0.25) is 5.02 Å². The number of rotatable bonds is 6. The van der Waals surface area contributed by atoms with E-state index in [0.717, 1.165) is 13.0 Å². The number of likely N-dealkylation sites (tertiary alicyclic amines) is 1. The molecule has 6 heteroatoms. The van der Waals surface area contributed by atoms with Crippen LogP contribution >= 0.6 is 11.6 Å². The normalized spacial score (nSPS) is 14.7. The number of hydrogen-bond acceptors (Lipinski definition) is 2. The zero-order valence-electron chi connectivity index (χ0n) is 15.3. The molecule has 4 nitrogen and oxygen atoms in total. The Balaban J connectivity index is 1.45. The molecule has 1 aliphatic rings. The zero-order chi connectivity index (χ0) is 19.1. The molecule has 2 aromatic rings. The van der Waals surface area contributed by atoms with Gasteiger partial charge >= 0.3 is 6.03 Å². The van der Waals surface area contributed by atoms with Crippen LogP contribution in [-0.2, 0) is 0 Å². The minimum atomic E-state index is -0.327. The minimum absolute atomic E-state index is 0.227. The predicted molar refractivity (Wildman–Crippen MR) is 109 cm³/mol. The van der Waals surface area contributed by atoms with Crippen LogP contribution in [0.25, 0.3) is 11.1 Å². The molecule has 0 radical (unpaired) electrons. The molecular formula is C21H25ClFN3O. The van der Waals surface area contributed by atoms with E-state index in [-0.39, 0.29) is 11.8 Å². The third kappa shape index (κ3) is 5.94. The molecule has 144 valence electrons. The van der Waals surface area contributed by atoms with Crippen molar-refractivity contribution in [3.05, 3.63) is 53.3 Å². The SMILES string of the molecule is O=C(NCCCN1CCCCC1)Nc1ccc(-c2cc(Cl)ccc2F)cc1. The molecule has 2 aromatic carbocycles. The van der Waals surface area contributed by atoms with Crippen LogP contribution in [0.3, 0.4) is 0 Å². The van der Waals surface area contributed by atoms with Crippen LogP contribution in [0.15, 0.2) is 42.5 Å². The van der Waals surface area contributed by atoms with E-state index in [9.17, 15) is 9.18 Å². The second kappa shape index (κ2) is 9.72. The molecule has 3 rings (SSSR count). The van der Waals surface area contributed by atoms with Gasteiger partial charge in [-0.3, -0.25) is 0 Å². The lowest BCUT2D eigenvalue weighted by atomic mass is 10.0. The van der Waals surface area contributed by atoms with Gasteiger partial charge in [0.05, 0.1) is 0 Å². The third-order valence-electron chi connectivity index (χ3n) is 4.77. The number of carbonyl (C=O) groups is 1. The van der Waals surface area contributed by atoms with Crippen LogP contribution < -0.4 is 10.6 Å². The molecule has 2 N–H and O–H groups in total. The van der Waals surface area contributed by atoms with Crippen LogP contribution in [-0.4, -0.2) is 37.1 Å². The first-order chi connectivity index (χ1) is 13.1. The first-order valence-corrected chi connectivity index (χ1v) is 9.82. The van der Waals surface area contributed by atoms with E-state index in [1.54, 1.807) is 30.3 Å². The number of anilines is 1. The van der Waals surface area contributed by atoms with E-state index in [0.29, 0.717) is 28.4 Å². The maximum atomic E-state index is 13.9. The highest BCUT2D eigenvalue weighted by Crippen LogP contribution is 2.27. The second-order valence-electron chi connectivity index (χ2n) is 6.84. The van der Waals surface area contributed by atoms with Crippen molar-refractivity contribution in [2.24, 2.45) is 0 Å². The summed E-state index contributed by atoms with van der Waals surface area (Å²) >= 11 is 5.94. The van der Waals surface area contributed by atoms with E-state index in [4.69, 9.17) is 11.6 Å². The number of piperidine rings is 1. The molecule has 0 aliphatic carbocycles. The summed E-state index contributed by atoms with van der Waals surface area (Å²) in [6.45, 7) is 4.02. The van der Waals surface area contributed by atoms with Crippen molar-refractivity contribution in [2.45, 2.75) is 25.7 Å². The molecule has 0 spiro atoms. The molecule has 1 heterocycles. The van der Waals surface area contributed by atoms with E-state index >= 15 is 0 Å². The molecule has 0 saturated carbocycles. The average molecular weight is 390 g/mol. The smallest absolute Gasteiger partial charge is 0.319 e. The first-order valence-electron chi connectivity index (χ1n) is 9.44. The molecule has 27 heavy (non-hydrogen) atoms. The van der Waals surface area contributed by atoms with Gasteiger partial charge in [0.2, 0.25) is 0 Å². The van der Waals surface area contributed by atoms with Gasteiger partial charge in [0, 0.05) is 22.8 Å². The number of hydrogen-bond donors (Lipinski definition) is 2. The van der Waals surface area contributed by atoms with Crippen LogP contribution in [0, 0.1) is 5.82 Å². The molecular weight excluding hydrogens is 365 g/mol. The molecule has 1 saturated heterocycles. The Morgan fingerprint density at radius 3 is 2.56 bits per heavy atom.